The van der Waals surface area contributed by atoms with Gasteiger partial charge in [0.2, 0.25) is 0 Å². The molecule has 0 fully saturated rings. The first-order valence-electron chi connectivity index (χ1n) is 5.43. The second kappa shape index (κ2) is 4.87. The molecule has 2 N–H and O–H groups in total. The number of nitrogens with zero attached hydrogens (tertiary/aromatic N) is 3. The van der Waals surface area contributed by atoms with Gasteiger partial charge in [0, 0.05) is 12.4 Å². The number of methoxy groups -OCH3 is 1. The number of hydrogen-bond donors (Lipinski definition) is 1. The van der Waals surface area contributed by atoms with Gasteiger partial charge in [0.1, 0.15) is 11.6 Å². The molecule has 0 aliphatic carbocycles. The molecule has 2 rings (SSSR count). The van der Waals surface area contributed by atoms with Crippen molar-refractivity contribution in [3.05, 3.63) is 41.6 Å². The number of aromatic nitrogens is 3. The van der Waals surface area contributed by atoms with Crippen molar-refractivity contribution in [3.63, 3.8) is 0 Å². The van der Waals surface area contributed by atoms with Gasteiger partial charge in [-0.05, 0) is 18.6 Å². The van der Waals surface area contributed by atoms with Crippen LogP contribution in [0, 0.1) is 6.92 Å². The lowest BCUT2D eigenvalue weighted by atomic mass is 10.3. The number of carbonyl (C=O) groups is 1. The molecule has 0 saturated carbocycles. The van der Waals surface area contributed by atoms with E-state index in [1.165, 1.54) is 7.11 Å². The summed E-state index contributed by atoms with van der Waals surface area (Å²) >= 11 is 0. The van der Waals surface area contributed by atoms with Crippen LogP contribution in [0.25, 0.3) is 0 Å². The number of nitrogen functional groups attached to an aromatic ring is 1. The summed E-state index contributed by atoms with van der Waals surface area (Å²) in [5, 5.41) is 0. The molecule has 6 nitrogen and oxygen atoms in total. The van der Waals surface area contributed by atoms with Crippen molar-refractivity contribution >= 4 is 11.8 Å². The summed E-state index contributed by atoms with van der Waals surface area (Å²) in [4.78, 5) is 19.6. The van der Waals surface area contributed by atoms with Gasteiger partial charge in [0.15, 0.2) is 5.69 Å². The monoisotopic (exact) mass is 246 g/mol. The highest BCUT2D eigenvalue weighted by molar-refractivity contribution is 5.92. The molecule has 0 radical (unpaired) electrons. The van der Waals surface area contributed by atoms with E-state index in [-0.39, 0.29) is 5.69 Å². The van der Waals surface area contributed by atoms with E-state index in [0.717, 1.165) is 5.56 Å². The zero-order valence-corrected chi connectivity index (χ0v) is 10.3. The minimum atomic E-state index is -0.527. The smallest absolute Gasteiger partial charge is 0.360 e. The van der Waals surface area contributed by atoms with E-state index in [2.05, 4.69) is 14.7 Å². The highest BCUT2D eigenvalue weighted by atomic mass is 16.5. The molecular formula is C12H14N4O2. The average molecular weight is 246 g/mol. The van der Waals surface area contributed by atoms with Crippen molar-refractivity contribution in [2.24, 2.45) is 0 Å². The number of carbonyl (C=O) groups excluding carboxylic acids is 1. The SMILES string of the molecule is COC(=O)c1nc(C)n(Cc2cccnc2)c1N. The second-order valence-corrected chi connectivity index (χ2v) is 3.83. The molecule has 6 heteroatoms. The molecule has 0 aliphatic heterocycles. The van der Waals surface area contributed by atoms with E-state index in [9.17, 15) is 4.79 Å². The minimum absolute atomic E-state index is 0.152. The van der Waals surface area contributed by atoms with Gasteiger partial charge in [-0.3, -0.25) is 4.98 Å². The zero-order chi connectivity index (χ0) is 13.1. The van der Waals surface area contributed by atoms with Crippen LogP contribution in [0.3, 0.4) is 0 Å². The number of hydrogen-bond acceptors (Lipinski definition) is 5. The van der Waals surface area contributed by atoms with Crippen molar-refractivity contribution in [1.82, 2.24) is 14.5 Å². The Balaban J connectivity index is 2.34. The minimum Gasteiger partial charge on any atom is -0.464 e. The number of ether oxygens (including phenoxy) is 1. The fourth-order valence-electron chi connectivity index (χ4n) is 1.70. The van der Waals surface area contributed by atoms with Gasteiger partial charge in [0.05, 0.1) is 13.7 Å². The van der Waals surface area contributed by atoms with E-state index in [4.69, 9.17) is 5.73 Å². The van der Waals surface area contributed by atoms with Crippen LogP contribution in [0.2, 0.25) is 0 Å². The summed E-state index contributed by atoms with van der Waals surface area (Å²) in [6.45, 7) is 2.31. The molecule has 94 valence electrons. The van der Waals surface area contributed by atoms with Crippen molar-refractivity contribution in [1.29, 1.82) is 0 Å². The van der Waals surface area contributed by atoms with E-state index in [1.807, 2.05) is 12.1 Å². The summed E-state index contributed by atoms with van der Waals surface area (Å²) in [5.41, 5.74) is 7.05. The highest BCUT2D eigenvalue weighted by Crippen LogP contribution is 2.16. The fourth-order valence-corrected chi connectivity index (χ4v) is 1.70. The molecule has 0 aromatic carbocycles. The lowest BCUT2D eigenvalue weighted by Crippen LogP contribution is -2.09. The van der Waals surface area contributed by atoms with Crippen LogP contribution in [-0.2, 0) is 11.3 Å². The number of imidazole rings is 1. The van der Waals surface area contributed by atoms with Crippen LogP contribution in [0.1, 0.15) is 21.9 Å². The Labute approximate surface area is 104 Å². The van der Waals surface area contributed by atoms with Gasteiger partial charge in [0.25, 0.3) is 0 Å². The largest absolute Gasteiger partial charge is 0.464 e. The molecule has 0 saturated heterocycles. The average Bonchev–Trinajstić information content (AvgIpc) is 2.67. The predicted octanol–water partition coefficient (Wildman–Crippen LogP) is 1.00. The van der Waals surface area contributed by atoms with Gasteiger partial charge in [-0.1, -0.05) is 6.07 Å². The summed E-state index contributed by atoms with van der Waals surface area (Å²) in [6, 6.07) is 3.78. The molecule has 0 spiro atoms. The summed E-state index contributed by atoms with van der Waals surface area (Å²) in [5.74, 6) is 0.445. The van der Waals surface area contributed by atoms with E-state index in [1.54, 1.807) is 23.9 Å². The Morgan fingerprint density at radius 2 is 2.33 bits per heavy atom. The molecule has 0 bridgehead atoms. The van der Waals surface area contributed by atoms with Gasteiger partial charge in [-0.2, -0.15) is 0 Å². The van der Waals surface area contributed by atoms with Gasteiger partial charge in [-0.25, -0.2) is 9.78 Å². The van der Waals surface area contributed by atoms with Crippen LogP contribution in [-0.4, -0.2) is 27.6 Å². The van der Waals surface area contributed by atoms with Crippen molar-refractivity contribution < 1.29 is 9.53 Å². The standard InChI is InChI=1S/C12H14N4O2/c1-8-15-10(12(17)18-2)11(13)16(8)7-9-4-3-5-14-6-9/h3-6H,7,13H2,1-2H3. The third kappa shape index (κ3) is 2.17. The highest BCUT2D eigenvalue weighted by Gasteiger charge is 2.19. The predicted molar refractivity (Wildman–Crippen MR) is 66.1 cm³/mol. The van der Waals surface area contributed by atoms with Crippen LogP contribution in [0.4, 0.5) is 5.82 Å². The van der Waals surface area contributed by atoms with Crippen LogP contribution in [0.15, 0.2) is 24.5 Å². The Hall–Kier alpha value is -2.37. The molecule has 2 aromatic heterocycles. The molecular weight excluding hydrogens is 232 g/mol. The van der Waals surface area contributed by atoms with Crippen molar-refractivity contribution in [2.45, 2.75) is 13.5 Å². The van der Waals surface area contributed by atoms with Gasteiger partial charge >= 0.3 is 5.97 Å². The first kappa shape index (κ1) is 12.1. The topological polar surface area (TPSA) is 83.0 Å². The van der Waals surface area contributed by atoms with Gasteiger partial charge in [-0.15, -0.1) is 0 Å². The number of anilines is 1. The number of nitrogens with two attached hydrogens (primary N) is 1. The third-order valence-corrected chi connectivity index (χ3v) is 2.64. The quantitative estimate of drug-likeness (QED) is 0.817. The molecule has 2 aromatic rings. The summed E-state index contributed by atoms with van der Waals surface area (Å²) in [7, 11) is 1.30. The van der Waals surface area contributed by atoms with E-state index < -0.39 is 5.97 Å². The van der Waals surface area contributed by atoms with Crippen molar-refractivity contribution in [3.8, 4) is 0 Å². The third-order valence-electron chi connectivity index (χ3n) is 2.64. The number of aryl methyl sites for hydroxylation is 1. The maximum absolute atomic E-state index is 11.5. The Bertz CT molecular complexity index is 563. The first-order chi connectivity index (χ1) is 8.63. The van der Waals surface area contributed by atoms with Gasteiger partial charge < -0.3 is 15.0 Å². The number of esters is 1. The maximum Gasteiger partial charge on any atom is 0.360 e. The molecule has 0 atom stereocenters. The Kier molecular flexibility index (Phi) is 3.27. The lowest BCUT2D eigenvalue weighted by molar-refractivity contribution is 0.0595. The lowest BCUT2D eigenvalue weighted by Gasteiger charge is -2.07. The Morgan fingerprint density at radius 3 is 2.94 bits per heavy atom. The normalized spacial score (nSPS) is 10.3. The number of rotatable bonds is 3. The van der Waals surface area contributed by atoms with Crippen LogP contribution >= 0.6 is 0 Å². The molecule has 0 amide bonds. The number of pyridine rings is 1. The van der Waals surface area contributed by atoms with E-state index in [0.29, 0.717) is 18.2 Å². The molecule has 0 unspecified atom stereocenters. The zero-order valence-electron chi connectivity index (χ0n) is 10.3. The second-order valence-electron chi connectivity index (χ2n) is 3.83. The fraction of sp³-hybridized carbons (Fsp3) is 0.250. The van der Waals surface area contributed by atoms with Crippen LogP contribution in [0.5, 0.6) is 0 Å². The molecule has 18 heavy (non-hydrogen) atoms. The molecule has 2 heterocycles. The first-order valence-corrected chi connectivity index (χ1v) is 5.43. The van der Waals surface area contributed by atoms with Crippen molar-refractivity contribution in [2.75, 3.05) is 12.8 Å². The molecule has 0 aliphatic rings. The van der Waals surface area contributed by atoms with E-state index >= 15 is 0 Å². The van der Waals surface area contributed by atoms with Crippen LogP contribution < -0.4 is 5.73 Å². The maximum atomic E-state index is 11.5. The summed E-state index contributed by atoms with van der Waals surface area (Å²) in [6.07, 6.45) is 3.45. The Morgan fingerprint density at radius 1 is 1.56 bits per heavy atom. The summed E-state index contributed by atoms with van der Waals surface area (Å²) < 4.78 is 6.38.